The van der Waals surface area contributed by atoms with E-state index in [9.17, 15) is 0 Å². The lowest BCUT2D eigenvalue weighted by Crippen LogP contribution is -1.76. The number of halogens is 1. The van der Waals surface area contributed by atoms with E-state index in [0.29, 0.717) is 5.15 Å². The second kappa shape index (κ2) is 2.18. The van der Waals surface area contributed by atoms with Crippen LogP contribution in [-0.4, -0.2) is 9.97 Å². The molecule has 0 aliphatic rings. The molecule has 0 saturated heterocycles. The summed E-state index contributed by atoms with van der Waals surface area (Å²) in [4.78, 5) is 9.05. The second-order valence-corrected chi connectivity index (χ2v) is 3.09. The summed E-state index contributed by atoms with van der Waals surface area (Å²) >= 11 is 7.17. The molecule has 2 aromatic rings. The molecule has 2 aromatic heterocycles. The summed E-state index contributed by atoms with van der Waals surface area (Å²) in [6.07, 6.45) is 1.56. The van der Waals surface area contributed by atoms with Crippen molar-refractivity contribution in [3.63, 3.8) is 0 Å². The fourth-order valence-corrected chi connectivity index (χ4v) is 1.55. The Morgan fingerprint density at radius 2 is 2.40 bits per heavy atom. The normalized spacial score (nSPS) is 10.5. The minimum atomic E-state index is 0.450. The molecule has 0 saturated carbocycles. The first-order valence-electron chi connectivity index (χ1n) is 2.72. The van der Waals surface area contributed by atoms with E-state index in [1.54, 1.807) is 17.5 Å². The predicted molar refractivity (Wildman–Crippen MR) is 42.4 cm³/mol. The van der Waals surface area contributed by atoms with Crippen LogP contribution in [0.2, 0.25) is 5.15 Å². The fourth-order valence-electron chi connectivity index (χ4n) is 0.732. The van der Waals surface area contributed by atoms with Crippen molar-refractivity contribution in [1.82, 2.24) is 9.97 Å². The predicted octanol–water partition coefficient (Wildman–Crippen LogP) is 2.34. The summed E-state index contributed by atoms with van der Waals surface area (Å²) in [6.45, 7) is 0. The van der Waals surface area contributed by atoms with Crippen molar-refractivity contribution < 1.29 is 0 Å². The standard InChI is InChI=1S/C6H3ClN2S/c7-5-3-8-6-4(9-5)1-2-10-6/h1-3H. The maximum atomic E-state index is 5.61. The zero-order valence-corrected chi connectivity index (χ0v) is 6.49. The molecule has 0 bridgehead atoms. The average Bonchev–Trinajstić information content (AvgIpc) is 2.33. The first kappa shape index (κ1) is 6.07. The first-order valence-corrected chi connectivity index (χ1v) is 3.98. The van der Waals surface area contributed by atoms with Gasteiger partial charge in [-0.15, -0.1) is 11.3 Å². The van der Waals surface area contributed by atoms with E-state index in [1.165, 1.54) is 0 Å². The van der Waals surface area contributed by atoms with E-state index in [2.05, 4.69) is 9.97 Å². The highest BCUT2D eigenvalue weighted by Gasteiger charge is 1.96. The Kier molecular flexibility index (Phi) is 1.32. The second-order valence-electron chi connectivity index (χ2n) is 1.80. The number of thiophene rings is 1. The van der Waals surface area contributed by atoms with Crippen LogP contribution >= 0.6 is 22.9 Å². The molecular weight excluding hydrogens is 168 g/mol. The molecule has 2 rings (SSSR count). The highest BCUT2D eigenvalue weighted by Crippen LogP contribution is 2.17. The Morgan fingerprint density at radius 1 is 1.50 bits per heavy atom. The van der Waals surface area contributed by atoms with Crippen molar-refractivity contribution in [3.8, 4) is 0 Å². The molecule has 0 aromatic carbocycles. The Morgan fingerprint density at radius 3 is 3.30 bits per heavy atom. The Bertz CT molecular complexity index is 357. The van der Waals surface area contributed by atoms with Gasteiger partial charge >= 0.3 is 0 Å². The fraction of sp³-hybridized carbons (Fsp3) is 0. The van der Waals surface area contributed by atoms with Crippen LogP contribution in [0.1, 0.15) is 0 Å². The molecule has 0 unspecified atom stereocenters. The third-order valence-corrected chi connectivity index (χ3v) is 2.13. The first-order chi connectivity index (χ1) is 4.86. The van der Waals surface area contributed by atoms with Crippen LogP contribution in [0.4, 0.5) is 0 Å². The summed E-state index contributed by atoms with van der Waals surface area (Å²) in [5, 5.41) is 2.40. The van der Waals surface area contributed by atoms with Gasteiger partial charge in [0, 0.05) is 0 Å². The monoisotopic (exact) mass is 170 g/mol. The highest BCUT2D eigenvalue weighted by atomic mass is 35.5. The summed E-state index contributed by atoms with van der Waals surface area (Å²) in [6, 6.07) is 1.90. The minimum Gasteiger partial charge on any atom is -0.240 e. The number of hydrogen-bond acceptors (Lipinski definition) is 3. The van der Waals surface area contributed by atoms with Gasteiger partial charge in [0.25, 0.3) is 0 Å². The van der Waals surface area contributed by atoms with Crippen molar-refractivity contribution in [2.45, 2.75) is 0 Å². The van der Waals surface area contributed by atoms with Crippen molar-refractivity contribution in [2.75, 3.05) is 0 Å². The SMILES string of the molecule is Clc1cnc2sccc2n1. The lowest BCUT2D eigenvalue weighted by Gasteiger charge is -1.86. The molecular formula is C6H3ClN2S. The largest absolute Gasteiger partial charge is 0.240 e. The van der Waals surface area contributed by atoms with Gasteiger partial charge < -0.3 is 0 Å². The molecule has 0 atom stereocenters. The number of aromatic nitrogens is 2. The van der Waals surface area contributed by atoms with E-state index >= 15 is 0 Å². The Labute approximate surface area is 66.5 Å². The number of rotatable bonds is 0. The molecule has 0 aliphatic carbocycles. The number of fused-ring (bicyclic) bond motifs is 1. The van der Waals surface area contributed by atoms with E-state index < -0.39 is 0 Å². The average molecular weight is 171 g/mol. The third kappa shape index (κ3) is 0.874. The van der Waals surface area contributed by atoms with E-state index in [0.717, 1.165) is 10.3 Å². The van der Waals surface area contributed by atoms with E-state index in [4.69, 9.17) is 11.6 Å². The lowest BCUT2D eigenvalue weighted by atomic mass is 10.5. The maximum absolute atomic E-state index is 5.61. The van der Waals surface area contributed by atoms with Crippen molar-refractivity contribution in [1.29, 1.82) is 0 Å². The van der Waals surface area contributed by atoms with Gasteiger partial charge in [0.05, 0.1) is 6.20 Å². The van der Waals surface area contributed by atoms with Crippen LogP contribution in [0.5, 0.6) is 0 Å². The molecule has 50 valence electrons. The van der Waals surface area contributed by atoms with Crippen LogP contribution in [0.25, 0.3) is 10.3 Å². The topological polar surface area (TPSA) is 25.8 Å². The molecule has 10 heavy (non-hydrogen) atoms. The van der Waals surface area contributed by atoms with Gasteiger partial charge in [0.15, 0.2) is 0 Å². The van der Waals surface area contributed by atoms with Crippen molar-refractivity contribution >= 4 is 33.3 Å². The number of nitrogens with zero attached hydrogens (tertiary/aromatic N) is 2. The summed E-state index contributed by atoms with van der Waals surface area (Å²) in [7, 11) is 0. The van der Waals surface area contributed by atoms with Crippen molar-refractivity contribution in [3.05, 3.63) is 22.8 Å². The van der Waals surface area contributed by atoms with Gasteiger partial charge in [-0.1, -0.05) is 11.6 Å². The van der Waals surface area contributed by atoms with Gasteiger partial charge in [-0.3, -0.25) is 0 Å². The molecule has 0 radical (unpaired) electrons. The molecule has 0 spiro atoms. The smallest absolute Gasteiger partial charge is 0.148 e. The van der Waals surface area contributed by atoms with Gasteiger partial charge in [0.1, 0.15) is 15.5 Å². The van der Waals surface area contributed by atoms with Crippen LogP contribution in [-0.2, 0) is 0 Å². The molecule has 0 N–H and O–H groups in total. The molecule has 0 aliphatic heterocycles. The van der Waals surface area contributed by atoms with Gasteiger partial charge in [0.2, 0.25) is 0 Å². The molecule has 4 heteroatoms. The van der Waals surface area contributed by atoms with E-state index in [1.807, 2.05) is 11.4 Å². The minimum absolute atomic E-state index is 0.450. The molecule has 2 heterocycles. The van der Waals surface area contributed by atoms with Crippen LogP contribution in [0, 0.1) is 0 Å². The summed E-state index contributed by atoms with van der Waals surface area (Å²) in [5.74, 6) is 0. The molecule has 0 amide bonds. The molecule has 2 nitrogen and oxygen atoms in total. The Balaban J connectivity index is 2.86. The highest BCUT2D eigenvalue weighted by molar-refractivity contribution is 7.16. The zero-order chi connectivity index (χ0) is 6.97. The molecule has 0 fully saturated rings. The van der Waals surface area contributed by atoms with E-state index in [-0.39, 0.29) is 0 Å². The zero-order valence-electron chi connectivity index (χ0n) is 4.91. The lowest BCUT2D eigenvalue weighted by molar-refractivity contribution is 1.32. The third-order valence-electron chi connectivity index (χ3n) is 1.14. The quantitative estimate of drug-likeness (QED) is 0.607. The summed E-state index contributed by atoms with van der Waals surface area (Å²) < 4.78 is 0. The van der Waals surface area contributed by atoms with Gasteiger partial charge in [-0.05, 0) is 11.4 Å². The maximum Gasteiger partial charge on any atom is 0.148 e. The van der Waals surface area contributed by atoms with Crippen LogP contribution < -0.4 is 0 Å². The van der Waals surface area contributed by atoms with Crippen molar-refractivity contribution in [2.24, 2.45) is 0 Å². The van der Waals surface area contributed by atoms with Crippen LogP contribution in [0.15, 0.2) is 17.6 Å². The summed E-state index contributed by atoms with van der Waals surface area (Å²) in [5.41, 5.74) is 0.873. The van der Waals surface area contributed by atoms with Gasteiger partial charge in [-0.2, -0.15) is 0 Å². The van der Waals surface area contributed by atoms with Gasteiger partial charge in [-0.25, -0.2) is 9.97 Å². The number of hydrogen-bond donors (Lipinski definition) is 0. The van der Waals surface area contributed by atoms with Crippen LogP contribution in [0.3, 0.4) is 0 Å². The Hall–Kier alpha value is -0.670.